The Morgan fingerprint density at radius 2 is 0.929 bits per heavy atom. The van der Waals surface area contributed by atoms with Crippen molar-refractivity contribution >= 4 is 46.5 Å². The van der Waals surface area contributed by atoms with Crippen molar-refractivity contribution in [3.05, 3.63) is 17.7 Å². The van der Waals surface area contributed by atoms with Crippen LogP contribution in [-0.4, -0.2) is 34.3 Å². The van der Waals surface area contributed by atoms with Crippen molar-refractivity contribution in [3.8, 4) is 15.5 Å². The molecule has 0 amide bonds. The average molecular weight is 619 g/mol. The Balaban J connectivity index is 1.64. The summed E-state index contributed by atoms with van der Waals surface area (Å²) in [6.07, 6.45) is 27.4. The monoisotopic (exact) mass is 618 g/mol. The van der Waals surface area contributed by atoms with Gasteiger partial charge in [0.2, 0.25) is 0 Å². The molecule has 0 spiro atoms. The van der Waals surface area contributed by atoms with Gasteiger partial charge in [0.15, 0.2) is 0 Å². The van der Waals surface area contributed by atoms with Gasteiger partial charge in [0.05, 0.1) is 9.75 Å². The van der Waals surface area contributed by atoms with Crippen molar-refractivity contribution in [3.63, 3.8) is 0 Å². The van der Waals surface area contributed by atoms with Crippen LogP contribution < -0.4 is 14.3 Å². The fraction of sp³-hybridized carbons (Fsp3) is 0.758. The molecule has 5 nitrogen and oxygen atoms in total. The molecule has 0 unspecified atom stereocenters. The summed E-state index contributed by atoms with van der Waals surface area (Å²) < 4.78 is 7.84. The summed E-state index contributed by atoms with van der Waals surface area (Å²) in [4.78, 5) is 1.86. The summed E-state index contributed by atoms with van der Waals surface area (Å²) in [5, 5.41) is 39.9. The van der Waals surface area contributed by atoms with Crippen LogP contribution in [0.5, 0.6) is 5.75 Å². The maximum Gasteiger partial charge on any atom is 0.499 e. The molecule has 2 aromatic heterocycles. The molecule has 3 heterocycles. The first-order valence-corrected chi connectivity index (χ1v) is 18.7. The fourth-order valence-electron chi connectivity index (χ4n) is 6.36. The summed E-state index contributed by atoms with van der Waals surface area (Å²) >= 11 is 2.72. The number of hydrogen-bond donors (Lipinski definition) is 4. The van der Waals surface area contributed by atoms with Gasteiger partial charge in [-0.2, -0.15) is 0 Å². The molecular weight excluding hydrogens is 562 g/mol. The second kappa shape index (κ2) is 19.5. The Morgan fingerprint density at radius 1 is 0.548 bits per heavy atom. The van der Waals surface area contributed by atoms with Crippen molar-refractivity contribution in [1.29, 1.82) is 0 Å². The van der Waals surface area contributed by atoms with Crippen LogP contribution in [0.3, 0.4) is 0 Å². The zero-order valence-corrected chi connectivity index (χ0v) is 28.0. The van der Waals surface area contributed by atoms with Crippen LogP contribution in [-0.2, 0) is 5.60 Å². The molecular formula is C33H56B2O5S2. The Bertz CT molecular complexity index is 983. The number of rotatable bonds is 24. The predicted molar refractivity (Wildman–Crippen MR) is 183 cm³/mol. The Kier molecular flexibility index (Phi) is 16.6. The lowest BCUT2D eigenvalue weighted by molar-refractivity contribution is 0.0398. The van der Waals surface area contributed by atoms with Gasteiger partial charge in [0.25, 0.3) is 0 Å². The van der Waals surface area contributed by atoms with E-state index in [0.717, 1.165) is 41.0 Å². The zero-order chi connectivity index (χ0) is 30.2. The molecule has 0 fully saturated rings. The first kappa shape index (κ1) is 35.6. The Labute approximate surface area is 264 Å². The number of thiophene rings is 2. The molecule has 0 bridgehead atoms. The fourth-order valence-corrected chi connectivity index (χ4v) is 8.58. The highest BCUT2D eigenvalue weighted by atomic mass is 32.1. The highest BCUT2D eigenvalue weighted by molar-refractivity contribution is 7.31. The van der Waals surface area contributed by atoms with Crippen molar-refractivity contribution in [2.75, 3.05) is 0 Å². The molecule has 4 N–H and O–H groups in total. The second-order valence-electron chi connectivity index (χ2n) is 12.4. The lowest BCUT2D eigenvalue weighted by Gasteiger charge is -2.38. The molecule has 0 atom stereocenters. The van der Waals surface area contributed by atoms with Crippen molar-refractivity contribution in [2.45, 2.75) is 161 Å². The minimum atomic E-state index is -1.55. The molecule has 0 aliphatic carbocycles. The molecule has 0 radical (unpaired) electrons. The topological polar surface area (TPSA) is 90.2 Å². The number of ether oxygens (including phenoxy) is 1. The lowest BCUT2D eigenvalue weighted by atomic mass is 9.79. The highest BCUT2D eigenvalue weighted by Gasteiger charge is 2.43. The van der Waals surface area contributed by atoms with Gasteiger partial charge in [-0.15, -0.1) is 22.7 Å². The molecule has 0 aromatic carbocycles. The van der Waals surface area contributed by atoms with Crippen LogP contribution in [0, 0.1) is 0 Å². The quantitative estimate of drug-likeness (QED) is 0.0707. The van der Waals surface area contributed by atoms with Gasteiger partial charge in [-0.1, -0.05) is 129 Å². The zero-order valence-electron chi connectivity index (χ0n) is 26.4. The maximum atomic E-state index is 10.1. The molecule has 1 aliphatic heterocycles. The second-order valence-corrected chi connectivity index (χ2v) is 14.6. The number of unbranched alkanes of at least 4 members (excludes halogenated alkanes) is 18. The van der Waals surface area contributed by atoms with Crippen LogP contribution in [0.25, 0.3) is 9.75 Å². The Hall–Kier alpha value is -0.830. The van der Waals surface area contributed by atoms with E-state index in [-0.39, 0.29) is 0 Å². The van der Waals surface area contributed by atoms with Gasteiger partial charge in [-0.25, -0.2) is 0 Å². The van der Waals surface area contributed by atoms with Gasteiger partial charge in [0, 0.05) is 15.1 Å². The molecule has 0 saturated heterocycles. The minimum absolute atomic E-state index is 0.458. The summed E-state index contributed by atoms with van der Waals surface area (Å²) in [7, 11) is -3.08. The van der Waals surface area contributed by atoms with Gasteiger partial charge in [-0.05, 0) is 37.8 Å². The van der Waals surface area contributed by atoms with Gasteiger partial charge in [0.1, 0.15) is 11.4 Å². The van der Waals surface area contributed by atoms with E-state index in [1.807, 2.05) is 6.07 Å². The third-order valence-corrected chi connectivity index (χ3v) is 11.3. The summed E-state index contributed by atoms with van der Waals surface area (Å²) in [6, 6.07) is 3.71. The van der Waals surface area contributed by atoms with E-state index >= 15 is 0 Å². The van der Waals surface area contributed by atoms with E-state index in [9.17, 15) is 20.1 Å². The Morgan fingerprint density at radius 3 is 1.36 bits per heavy atom. The molecule has 9 heteroatoms. The molecule has 42 heavy (non-hydrogen) atoms. The van der Waals surface area contributed by atoms with E-state index in [1.165, 1.54) is 138 Å². The third-order valence-electron chi connectivity index (χ3n) is 8.85. The van der Waals surface area contributed by atoms with Crippen LogP contribution in [0.2, 0.25) is 0 Å². The van der Waals surface area contributed by atoms with E-state index in [4.69, 9.17) is 4.74 Å². The molecule has 2 aromatic rings. The first-order valence-electron chi connectivity index (χ1n) is 17.1. The minimum Gasteiger partial charge on any atom is -0.481 e. The van der Waals surface area contributed by atoms with Crippen molar-refractivity contribution in [1.82, 2.24) is 0 Å². The SMILES string of the molecule is CCCCCCCCCCCCC1(CCCCCCCCCCCC)Oc2cc(B(O)O)sc2-c2sc(B(O)O)cc21. The standard InChI is InChI=1S/C33H56B2O5S2/c1-3-5-7-9-11-13-15-17-19-21-23-33(24-22-20-18-16-14-12-10-8-6-4-2)27-25-29(34(36)37)41-31(27)32-28(40-33)26-30(42-32)35(38)39/h25-26,36-39H,3-24H2,1-2H3. The summed E-state index contributed by atoms with van der Waals surface area (Å²) in [5.41, 5.74) is 0.529. The third kappa shape index (κ3) is 11.0. The molecule has 0 saturated carbocycles. The smallest absolute Gasteiger partial charge is 0.481 e. The lowest BCUT2D eigenvalue weighted by Crippen LogP contribution is -2.36. The normalized spacial score (nSPS) is 13.6. The molecule has 1 aliphatic rings. The largest absolute Gasteiger partial charge is 0.499 e. The van der Waals surface area contributed by atoms with Crippen LogP contribution in [0.4, 0.5) is 0 Å². The van der Waals surface area contributed by atoms with Crippen molar-refractivity contribution < 1.29 is 24.8 Å². The van der Waals surface area contributed by atoms with Crippen LogP contribution in [0.15, 0.2) is 12.1 Å². The van der Waals surface area contributed by atoms with Crippen LogP contribution >= 0.6 is 22.7 Å². The van der Waals surface area contributed by atoms with Crippen LogP contribution in [0.1, 0.15) is 161 Å². The number of fused-ring (bicyclic) bond motifs is 3. The molecule has 3 rings (SSSR count). The number of hydrogen-bond acceptors (Lipinski definition) is 7. The van der Waals surface area contributed by atoms with E-state index < -0.39 is 19.8 Å². The summed E-state index contributed by atoms with van der Waals surface area (Å²) in [6.45, 7) is 4.53. The average Bonchev–Trinajstić information content (AvgIpc) is 3.61. The van der Waals surface area contributed by atoms with Gasteiger partial charge in [-0.3, -0.25) is 0 Å². The molecule has 236 valence electrons. The van der Waals surface area contributed by atoms with E-state index in [0.29, 0.717) is 15.3 Å². The van der Waals surface area contributed by atoms with E-state index in [1.54, 1.807) is 6.07 Å². The highest BCUT2D eigenvalue weighted by Crippen LogP contribution is 2.53. The summed E-state index contributed by atoms with van der Waals surface area (Å²) in [5.74, 6) is 0.704. The first-order chi connectivity index (χ1) is 20.4. The van der Waals surface area contributed by atoms with Gasteiger partial charge >= 0.3 is 14.2 Å². The maximum absolute atomic E-state index is 10.1. The van der Waals surface area contributed by atoms with Crippen molar-refractivity contribution in [2.24, 2.45) is 0 Å². The van der Waals surface area contributed by atoms with E-state index in [2.05, 4.69) is 13.8 Å². The predicted octanol–water partition coefficient (Wildman–Crippen LogP) is 8.05. The van der Waals surface area contributed by atoms with Gasteiger partial charge < -0.3 is 24.8 Å².